The molecule has 0 radical (unpaired) electrons. The zero-order valence-electron chi connectivity index (χ0n) is 13.2. The summed E-state index contributed by atoms with van der Waals surface area (Å²) in [6.07, 6.45) is 1.84. The third-order valence-corrected chi connectivity index (χ3v) is 4.93. The van der Waals surface area contributed by atoms with Gasteiger partial charge in [-0.15, -0.1) is 0 Å². The molecular formula is C19H17ClN2OS. The van der Waals surface area contributed by atoms with E-state index in [2.05, 4.69) is 0 Å². The first-order chi connectivity index (χ1) is 11.7. The second-order valence-electron chi connectivity index (χ2n) is 5.35. The Bertz CT molecular complexity index is 922. The van der Waals surface area contributed by atoms with Crippen LogP contribution in [0, 0.1) is 0 Å². The lowest BCUT2D eigenvalue weighted by Gasteiger charge is -2.19. The van der Waals surface area contributed by atoms with Gasteiger partial charge in [-0.1, -0.05) is 71.9 Å². The van der Waals surface area contributed by atoms with Gasteiger partial charge in [0.2, 0.25) is 0 Å². The molecule has 24 heavy (non-hydrogen) atoms. The van der Waals surface area contributed by atoms with Gasteiger partial charge in [0.15, 0.2) is 5.16 Å². The van der Waals surface area contributed by atoms with E-state index in [1.165, 1.54) is 17.3 Å². The summed E-state index contributed by atoms with van der Waals surface area (Å²) in [6.45, 7) is 2.02. The van der Waals surface area contributed by atoms with Crippen molar-refractivity contribution in [1.29, 1.82) is 0 Å². The highest BCUT2D eigenvalue weighted by Gasteiger charge is 2.17. The first-order valence-electron chi connectivity index (χ1n) is 7.66. The molecule has 1 unspecified atom stereocenters. The highest BCUT2D eigenvalue weighted by atomic mass is 35.5. The molecule has 0 N–H and O–H groups in total. The first-order valence-corrected chi connectivity index (χ1v) is 9.09. The number of fused-ring (bicyclic) bond motifs is 1. The number of nitrogens with zero attached hydrogens (tertiary/aromatic N) is 2. The number of benzene rings is 2. The number of aromatic nitrogens is 2. The Morgan fingerprint density at radius 3 is 2.62 bits per heavy atom. The molecule has 0 saturated carbocycles. The lowest BCUT2D eigenvalue weighted by atomic mass is 10.1. The summed E-state index contributed by atoms with van der Waals surface area (Å²) in [5.74, 6) is 0.662. The minimum absolute atomic E-state index is 0.0192. The van der Waals surface area contributed by atoms with E-state index in [9.17, 15) is 4.79 Å². The molecule has 1 aromatic heterocycles. The van der Waals surface area contributed by atoms with E-state index in [1.807, 2.05) is 67.6 Å². The number of hydrogen-bond acceptors (Lipinski definition) is 3. The predicted molar refractivity (Wildman–Crippen MR) is 102 cm³/mol. The van der Waals surface area contributed by atoms with Crippen LogP contribution in [0.5, 0.6) is 0 Å². The third-order valence-electron chi connectivity index (χ3n) is 3.84. The molecule has 0 amide bonds. The van der Waals surface area contributed by atoms with Crippen molar-refractivity contribution in [1.82, 2.24) is 9.55 Å². The second-order valence-corrected chi connectivity index (χ2v) is 6.59. The number of rotatable bonds is 5. The quantitative estimate of drug-likeness (QED) is 0.484. The molecule has 3 nitrogen and oxygen atoms in total. The molecule has 0 saturated heterocycles. The largest absolute Gasteiger partial charge is 0.280 e. The lowest BCUT2D eigenvalue weighted by molar-refractivity contribution is 0.549. The molecule has 122 valence electrons. The Kier molecular flexibility index (Phi) is 5.38. The van der Waals surface area contributed by atoms with Gasteiger partial charge in [0.1, 0.15) is 0 Å². The summed E-state index contributed by atoms with van der Waals surface area (Å²) in [5.41, 5.74) is 3.26. The van der Waals surface area contributed by atoms with Gasteiger partial charge in [-0.05, 0) is 24.6 Å². The minimum Gasteiger partial charge on any atom is -0.280 e. The van der Waals surface area contributed by atoms with Crippen LogP contribution in [0.4, 0.5) is 0 Å². The summed E-state index contributed by atoms with van der Waals surface area (Å²) in [4.78, 5) is 17.8. The van der Waals surface area contributed by atoms with Crippen LogP contribution >= 0.6 is 23.4 Å². The van der Waals surface area contributed by atoms with Gasteiger partial charge >= 0.3 is 0 Å². The smallest absolute Gasteiger partial charge is 0.262 e. The fraction of sp³-hybridized carbons (Fsp3) is 0.158. The maximum atomic E-state index is 13.1. The van der Waals surface area contributed by atoms with Crippen LogP contribution in [0.1, 0.15) is 18.5 Å². The fourth-order valence-electron chi connectivity index (χ4n) is 2.61. The molecule has 1 atom stereocenters. The second kappa shape index (κ2) is 7.69. The maximum absolute atomic E-state index is 13.1. The molecule has 3 rings (SSSR count). The Balaban J connectivity index is 2.17. The van der Waals surface area contributed by atoms with Crippen LogP contribution in [0.3, 0.4) is 0 Å². The molecule has 5 heteroatoms. The summed E-state index contributed by atoms with van der Waals surface area (Å²) in [5, 5.41) is 1.34. The van der Waals surface area contributed by atoms with Crippen LogP contribution in [0.15, 0.2) is 76.2 Å². The van der Waals surface area contributed by atoms with Crippen molar-refractivity contribution in [2.45, 2.75) is 18.1 Å². The molecule has 3 aromatic rings. The van der Waals surface area contributed by atoms with Crippen molar-refractivity contribution in [2.75, 3.05) is 5.75 Å². The number of para-hydroxylation sites is 1. The van der Waals surface area contributed by atoms with Gasteiger partial charge in [0.25, 0.3) is 5.56 Å². The fourth-order valence-corrected chi connectivity index (χ4v) is 3.69. The molecule has 2 aromatic carbocycles. The summed E-state index contributed by atoms with van der Waals surface area (Å²) in [7, 11) is 0. The van der Waals surface area contributed by atoms with Crippen LogP contribution in [-0.2, 0) is 0 Å². The average molecular weight is 357 g/mol. The van der Waals surface area contributed by atoms with Crippen LogP contribution in [0.2, 0.25) is 0 Å². The van der Waals surface area contributed by atoms with Gasteiger partial charge < -0.3 is 0 Å². The highest BCUT2D eigenvalue weighted by molar-refractivity contribution is 7.99. The SMILES string of the molecule is CC(c1ccccc1)n1c(SC/C=C/Cl)nc2ccccc2c1=O. The van der Waals surface area contributed by atoms with Gasteiger partial charge in [-0.3, -0.25) is 9.36 Å². The standard InChI is InChI=1S/C19H17ClN2OS/c1-14(15-8-3-2-4-9-15)22-18(23)16-10-5-6-11-17(16)21-19(22)24-13-7-12-20/h2-12,14H,13H2,1H3/b12-7+. The summed E-state index contributed by atoms with van der Waals surface area (Å²) >= 11 is 7.11. The van der Waals surface area contributed by atoms with Crippen LogP contribution in [0.25, 0.3) is 10.9 Å². The zero-order valence-corrected chi connectivity index (χ0v) is 14.8. The molecule has 0 bridgehead atoms. The van der Waals surface area contributed by atoms with E-state index in [0.717, 1.165) is 11.1 Å². The molecule has 0 aliphatic rings. The van der Waals surface area contributed by atoms with E-state index < -0.39 is 0 Å². The van der Waals surface area contributed by atoms with E-state index in [-0.39, 0.29) is 11.6 Å². The molecular weight excluding hydrogens is 340 g/mol. The minimum atomic E-state index is -0.0988. The van der Waals surface area contributed by atoms with E-state index in [4.69, 9.17) is 16.6 Å². The van der Waals surface area contributed by atoms with Gasteiger partial charge in [0.05, 0.1) is 16.9 Å². The van der Waals surface area contributed by atoms with Crippen LogP contribution in [-0.4, -0.2) is 15.3 Å². The summed E-state index contributed by atoms with van der Waals surface area (Å²) < 4.78 is 1.77. The Hall–Kier alpha value is -2.04. The molecule has 1 heterocycles. The van der Waals surface area contributed by atoms with E-state index >= 15 is 0 Å². The lowest BCUT2D eigenvalue weighted by Crippen LogP contribution is -2.27. The molecule has 0 fully saturated rings. The normalized spacial score (nSPS) is 12.8. The highest BCUT2D eigenvalue weighted by Crippen LogP contribution is 2.24. The van der Waals surface area contributed by atoms with E-state index in [0.29, 0.717) is 16.3 Å². The number of thioether (sulfide) groups is 1. The molecule has 0 spiro atoms. The topological polar surface area (TPSA) is 34.9 Å². The van der Waals surface area contributed by atoms with Gasteiger partial charge in [-0.25, -0.2) is 4.98 Å². The Morgan fingerprint density at radius 2 is 1.88 bits per heavy atom. The van der Waals surface area contributed by atoms with Crippen molar-refractivity contribution < 1.29 is 0 Å². The van der Waals surface area contributed by atoms with Crippen molar-refractivity contribution in [3.63, 3.8) is 0 Å². The third kappa shape index (κ3) is 3.40. The maximum Gasteiger partial charge on any atom is 0.262 e. The van der Waals surface area contributed by atoms with Gasteiger partial charge in [-0.2, -0.15) is 0 Å². The molecule has 0 aliphatic carbocycles. The predicted octanol–water partition coefficient (Wildman–Crippen LogP) is 4.85. The average Bonchev–Trinajstić information content (AvgIpc) is 2.62. The van der Waals surface area contributed by atoms with Gasteiger partial charge in [0, 0.05) is 11.3 Å². The zero-order chi connectivity index (χ0) is 16.9. The van der Waals surface area contributed by atoms with Crippen molar-refractivity contribution in [2.24, 2.45) is 0 Å². The van der Waals surface area contributed by atoms with Crippen molar-refractivity contribution in [3.05, 3.63) is 82.1 Å². The number of halogens is 1. The molecule has 0 aliphatic heterocycles. The monoisotopic (exact) mass is 356 g/mol. The van der Waals surface area contributed by atoms with Crippen LogP contribution < -0.4 is 5.56 Å². The first kappa shape index (κ1) is 16.8. The Morgan fingerprint density at radius 1 is 1.17 bits per heavy atom. The van der Waals surface area contributed by atoms with Crippen molar-refractivity contribution >= 4 is 34.3 Å². The van der Waals surface area contributed by atoms with Crippen molar-refractivity contribution in [3.8, 4) is 0 Å². The summed E-state index contributed by atoms with van der Waals surface area (Å²) in [6, 6.07) is 17.3. The number of hydrogen-bond donors (Lipinski definition) is 0. The Labute approximate surface area is 150 Å². The van der Waals surface area contributed by atoms with E-state index in [1.54, 1.807) is 4.57 Å².